The lowest BCUT2D eigenvalue weighted by Crippen LogP contribution is -2.15. The van der Waals surface area contributed by atoms with E-state index in [9.17, 15) is 16.8 Å². The highest BCUT2D eigenvalue weighted by Gasteiger charge is 2.20. The van der Waals surface area contributed by atoms with Gasteiger partial charge in [-0.25, -0.2) is 0 Å². The first-order chi connectivity index (χ1) is 8.79. The Morgan fingerprint density at radius 2 is 1.53 bits per heavy atom. The molecule has 0 aliphatic carbocycles. The van der Waals surface area contributed by atoms with E-state index in [1.807, 2.05) is 6.92 Å². The monoisotopic (exact) mass is 328 g/mol. The van der Waals surface area contributed by atoms with Crippen molar-refractivity contribution in [1.82, 2.24) is 0 Å². The molecule has 9 heteroatoms. The fraction of sp³-hybridized carbons (Fsp3) is 0.600. The molecule has 0 aromatic carbocycles. The van der Waals surface area contributed by atoms with Crippen molar-refractivity contribution in [2.75, 3.05) is 11.5 Å². The Kier molecular flexibility index (Phi) is 5.63. The summed E-state index contributed by atoms with van der Waals surface area (Å²) in [6.45, 7) is 3.29. The summed E-state index contributed by atoms with van der Waals surface area (Å²) in [5, 5.41) is 2.78. The molecule has 0 spiro atoms. The van der Waals surface area contributed by atoms with E-state index >= 15 is 0 Å². The fourth-order valence-electron chi connectivity index (χ4n) is 1.09. The van der Waals surface area contributed by atoms with Crippen LogP contribution in [0.25, 0.3) is 0 Å². The van der Waals surface area contributed by atoms with Crippen molar-refractivity contribution in [3.8, 4) is 11.5 Å². The molecule has 1 heterocycles. The lowest BCUT2D eigenvalue weighted by atomic mass is 10.4. The smallest absolute Gasteiger partial charge is 0.309 e. The third-order valence-corrected chi connectivity index (χ3v) is 5.19. The largest absolute Gasteiger partial charge is 0.377 e. The maximum absolute atomic E-state index is 11.6. The summed E-state index contributed by atoms with van der Waals surface area (Å²) >= 11 is 1.10. The highest BCUT2D eigenvalue weighted by Crippen LogP contribution is 2.33. The standard InChI is InChI=1S/C10H16O6S3/c1-3-5-6-19(13,14)16-10-8-17-7-9(10)15-18(11,12)4-2/h7-8H,3-6H2,1-2H3. The van der Waals surface area contributed by atoms with Crippen molar-refractivity contribution >= 4 is 31.6 Å². The molecular weight excluding hydrogens is 312 g/mol. The minimum atomic E-state index is -3.72. The van der Waals surface area contributed by atoms with Gasteiger partial charge in [0, 0.05) is 10.8 Å². The minimum absolute atomic E-state index is 0.0851. The van der Waals surface area contributed by atoms with Crippen LogP contribution in [0.3, 0.4) is 0 Å². The van der Waals surface area contributed by atoms with E-state index < -0.39 is 20.2 Å². The van der Waals surface area contributed by atoms with Crippen LogP contribution in [0.1, 0.15) is 26.7 Å². The zero-order valence-corrected chi connectivity index (χ0v) is 13.1. The molecule has 1 rings (SSSR count). The lowest BCUT2D eigenvalue weighted by Gasteiger charge is -2.08. The molecule has 0 saturated carbocycles. The van der Waals surface area contributed by atoms with Crippen LogP contribution in [0.15, 0.2) is 10.8 Å². The third kappa shape index (κ3) is 5.37. The minimum Gasteiger partial charge on any atom is -0.377 e. The number of hydrogen-bond donors (Lipinski definition) is 0. The number of rotatable bonds is 8. The number of thiophene rings is 1. The van der Waals surface area contributed by atoms with Gasteiger partial charge in [-0.05, 0) is 13.3 Å². The Morgan fingerprint density at radius 1 is 1.00 bits per heavy atom. The number of unbranched alkanes of at least 4 members (excludes halogenated alkanes) is 1. The van der Waals surface area contributed by atoms with Gasteiger partial charge in [0.1, 0.15) is 0 Å². The van der Waals surface area contributed by atoms with E-state index in [2.05, 4.69) is 0 Å². The average molecular weight is 328 g/mol. The van der Waals surface area contributed by atoms with Crippen LogP contribution >= 0.6 is 11.3 Å². The van der Waals surface area contributed by atoms with Crippen molar-refractivity contribution < 1.29 is 25.2 Å². The Hall–Kier alpha value is -0.800. The molecule has 0 unspecified atom stereocenters. The van der Waals surface area contributed by atoms with E-state index in [1.54, 1.807) is 0 Å². The first-order valence-corrected chi connectivity index (χ1v) is 9.80. The predicted molar refractivity (Wildman–Crippen MR) is 73.7 cm³/mol. The summed E-state index contributed by atoms with van der Waals surface area (Å²) in [6, 6.07) is 0. The summed E-state index contributed by atoms with van der Waals surface area (Å²) in [5.74, 6) is -0.491. The lowest BCUT2D eigenvalue weighted by molar-refractivity contribution is 0.451. The highest BCUT2D eigenvalue weighted by molar-refractivity contribution is 7.87. The van der Waals surface area contributed by atoms with Crippen molar-refractivity contribution in [1.29, 1.82) is 0 Å². The molecular formula is C10H16O6S3. The molecule has 110 valence electrons. The summed E-state index contributed by atoms with van der Waals surface area (Å²) in [5.41, 5.74) is 0. The second kappa shape index (κ2) is 6.58. The fourth-order valence-corrected chi connectivity index (χ4v) is 3.51. The molecule has 1 aromatic rings. The third-order valence-electron chi connectivity index (χ3n) is 2.13. The summed E-state index contributed by atoms with van der Waals surface area (Å²) in [4.78, 5) is 0. The van der Waals surface area contributed by atoms with Crippen LogP contribution in [-0.2, 0) is 20.2 Å². The molecule has 0 aliphatic rings. The van der Waals surface area contributed by atoms with Crippen molar-refractivity contribution in [2.24, 2.45) is 0 Å². The van der Waals surface area contributed by atoms with Crippen molar-refractivity contribution in [3.63, 3.8) is 0 Å². The number of hydrogen-bond acceptors (Lipinski definition) is 7. The SMILES string of the molecule is CCCCS(=O)(=O)Oc1cscc1OS(=O)(=O)CC. The van der Waals surface area contributed by atoms with Crippen LogP contribution in [0.5, 0.6) is 11.5 Å². The maximum atomic E-state index is 11.6. The molecule has 19 heavy (non-hydrogen) atoms. The molecule has 0 N–H and O–H groups in total. The molecule has 0 saturated heterocycles. The van der Waals surface area contributed by atoms with Crippen molar-refractivity contribution in [3.05, 3.63) is 10.8 Å². The van der Waals surface area contributed by atoms with Gasteiger partial charge >= 0.3 is 20.2 Å². The zero-order valence-electron chi connectivity index (χ0n) is 10.7. The second-order valence-corrected chi connectivity index (χ2v) is 8.02. The molecule has 0 amide bonds. The van der Waals surface area contributed by atoms with Gasteiger partial charge in [-0.3, -0.25) is 0 Å². The van der Waals surface area contributed by atoms with Gasteiger partial charge in [0.05, 0.1) is 11.5 Å². The molecule has 0 bridgehead atoms. The van der Waals surface area contributed by atoms with E-state index in [-0.39, 0.29) is 23.0 Å². The van der Waals surface area contributed by atoms with Gasteiger partial charge in [-0.1, -0.05) is 13.3 Å². The average Bonchev–Trinajstić information content (AvgIpc) is 2.73. The predicted octanol–water partition coefficient (Wildman–Crippen LogP) is 1.99. The summed E-state index contributed by atoms with van der Waals surface area (Å²) < 4.78 is 55.5. The van der Waals surface area contributed by atoms with Gasteiger partial charge in [-0.15, -0.1) is 11.3 Å². The summed E-state index contributed by atoms with van der Waals surface area (Å²) in [6.07, 6.45) is 1.20. The maximum Gasteiger partial charge on any atom is 0.309 e. The second-order valence-electron chi connectivity index (χ2n) is 3.73. The normalized spacial score (nSPS) is 12.3. The first-order valence-electron chi connectivity index (χ1n) is 5.70. The molecule has 0 fully saturated rings. The molecule has 1 aromatic heterocycles. The van der Waals surface area contributed by atoms with Gasteiger partial charge in [0.25, 0.3) is 0 Å². The quantitative estimate of drug-likeness (QED) is 0.678. The van der Waals surface area contributed by atoms with Gasteiger partial charge < -0.3 is 8.37 Å². The van der Waals surface area contributed by atoms with Crippen LogP contribution < -0.4 is 8.37 Å². The van der Waals surface area contributed by atoms with E-state index in [0.29, 0.717) is 6.42 Å². The van der Waals surface area contributed by atoms with E-state index in [4.69, 9.17) is 8.37 Å². The zero-order chi connectivity index (χ0) is 14.5. The van der Waals surface area contributed by atoms with E-state index in [0.717, 1.165) is 17.8 Å². The van der Waals surface area contributed by atoms with Gasteiger partial charge in [0.15, 0.2) is 11.5 Å². The van der Waals surface area contributed by atoms with Crippen LogP contribution in [0.2, 0.25) is 0 Å². The first kappa shape index (κ1) is 16.3. The van der Waals surface area contributed by atoms with E-state index in [1.165, 1.54) is 17.7 Å². The van der Waals surface area contributed by atoms with Crippen molar-refractivity contribution in [2.45, 2.75) is 26.7 Å². The summed E-state index contributed by atoms with van der Waals surface area (Å²) in [7, 11) is -7.43. The van der Waals surface area contributed by atoms with Gasteiger partial charge in [0.2, 0.25) is 0 Å². The molecule has 6 nitrogen and oxygen atoms in total. The van der Waals surface area contributed by atoms with Gasteiger partial charge in [-0.2, -0.15) is 16.8 Å². The Bertz CT molecular complexity index is 599. The topological polar surface area (TPSA) is 86.7 Å². The highest BCUT2D eigenvalue weighted by atomic mass is 32.2. The Morgan fingerprint density at radius 3 is 2.00 bits per heavy atom. The van der Waals surface area contributed by atoms with Crippen LogP contribution in [-0.4, -0.2) is 28.3 Å². The van der Waals surface area contributed by atoms with Crippen LogP contribution in [0, 0.1) is 0 Å². The Balaban J connectivity index is 2.84. The Labute approximate surface area is 117 Å². The molecule has 0 atom stereocenters. The molecule has 0 radical (unpaired) electrons. The van der Waals surface area contributed by atoms with Crippen LogP contribution in [0.4, 0.5) is 0 Å². The molecule has 0 aliphatic heterocycles.